The van der Waals surface area contributed by atoms with Gasteiger partial charge in [-0.1, -0.05) is 6.92 Å². The molecule has 0 amide bonds. The summed E-state index contributed by atoms with van der Waals surface area (Å²) in [6.07, 6.45) is 2.51. The van der Waals surface area contributed by atoms with E-state index < -0.39 is 0 Å². The summed E-state index contributed by atoms with van der Waals surface area (Å²) >= 11 is 0. The fourth-order valence-corrected chi connectivity index (χ4v) is 1.81. The highest BCUT2D eigenvalue weighted by molar-refractivity contribution is 4.97. The number of nitrogens with one attached hydrogen (secondary N) is 1. The van der Waals surface area contributed by atoms with Gasteiger partial charge in [-0.2, -0.15) is 0 Å². The van der Waals surface area contributed by atoms with Crippen LogP contribution < -0.4 is 5.32 Å². The molecule has 0 saturated heterocycles. The molecule has 0 aliphatic heterocycles. The Bertz CT molecular complexity index is 176. The van der Waals surface area contributed by atoms with Crippen LogP contribution in [0.3, 0.4) is 0 Å². The minimum atomic E-state index is -0.153. The standard InChI is InChI=1S/C11H23NO2/c1-8(10(13-4)14-5)12-9(2)11(3)6-7-11/h8-10,12H,6-7H2,1-5H3. The van der Waals surface area contributed by atoms with Crippen LogP contribution in [-0.4, -0.2) is 32.6 Å². The maximum Gasteiger partial charge on any atom is 0.171 e. The molecule has 0 aromatic carbocycles. The van der Waals surface area contributed by atoms with Crippen LogP contribution in [0.4, 0.5) is 0 Å². The average Bonchev–Trinajstić information content (AvgIpc) is 2.87. The van der Waals surface area contributed by atoms with Crippen LogP contribution in [0.25, 0.3) is 0 Å². The van der Waals surface area contributed by atoms with Gasteiger partial charge in [-0.05, 0) is 32.1 Å². The van der Waals surface area contributed by atoms with Gasteiger partial charge in [-0.25, -0.2) is 0 Å². The molecule has 1 rings (SSSR count). The molecule has 84 valence electrons. The van der Waals surface area contributed by atoms with Crippen LogP contribution in [0.5, 0.6) is 0 Å². The lowest BCUT2D eigenvalue weighted by Gasteiger charge is -2.28. The lowest BCUT2D eigenvalue weighted by molar-refractivity contribution is -0.121. The van der Waals surface area contributed by atoms with Crippen molar-refractivity contribution in [1.29, 1.82) is 0 Å². The molecule has 1 fully saturated rings. The lowest BCUT2D eigenvalue weighted by atomic mass is 10.00. The molecule has 1 N–H and O–H groups in total. The smallest absolute Gasteiger partial charge is 0.171 e. The molecule has 1 aliphatic rings. The summed E-state index contributed by atoms with van der Waals surface area (Å²) in [7, 11) is 3.35. The summed E-state index contributed by atoms with van der Waals surface area (Å²) in [5, 5.41) is 3.53. The van der Waals surface area contributed by atoms with Crippen molar-refractivity contribution in [1.82, 2.24) is 5.32 Å². The van der Waals surface area contributed by atoms with Crippen LogP contribution in [0.2, 0.25) is 0 Å². The molecule has 1 saturated carbocycles. The lowest BCUT2D eigenvalue weighted by Crippen LogP contribution is -2.46. The zero-order valence-electron chi connectivity index (χ0n) is 9.96. The van der Waals surface area contributed by atoms with Crippen molar-refractivity contribution in [2.24, 2.45) is 5.41 Å². The van der Waals surface area contributed by atoms with Gasteiger partial charge in [0.1, 0.15) is 0 Å². The fraction of sp³-hybridized carbons (Fsp3) is 1.00. The first-order chi connectivity index (χ1) is 6.53. The van der Waals surface area contributed by atoms with Gasteiger partial charge in [-0.3, -0.25) is 0 Å². The van der Waals surface area contributed by atoms with Gasteiger partial charge in [0.15, 0.2) is 6.29 Å². The van der Waals surface area contributed by atoms with E-state index in [1.54, 1.807) is 14.2 Å². The van der Waals surface area contributed by atoms with E-state index in [0.717, 1.165) is 0 Å². The van der Waals surface area contributed by atoms with E-state index in [2.05, 4.69) is 26.1 Å². The summed E-state index contributed by atoms with van der Waals surface area (Å²) in [5.74, 6) is 0. The topological polar surface area (TPSA) is 30.5 Å². The number of ether oxygens (including phenoxy) is 2. The molecule has 14 heavy (non-hydrogen) atoms. The molecule has 3 nitrogen and oxygen atoms in total. The predicted molar refractivity (Wildman–Crippen MR) is 57.2 cm³/mol. The van der Waals surface area contributed by atoms with E-state index in [9.17, 15) is 0 Å². The maximum absolute atomic E-state index is 5.21. The number of hydrogen-bond acceptors (Lipinski definition) is 3. The van der Waals surface area contributed by atoms with E-state index in [0.29, 0.717) is 11.5 Å². The third kappa shape index (κ3) is 2.69. The highest BCUT2D eigenvalue weighted by Gasteiger charge is 2.43. The van der Waals surface area contributed by atoms with Gasteiger partial charge in [0.2, 0.25) is 0 Å². The van der Waals surface area contributed by atoms with Gasteiger partial charge in [-0.15, -0.1) is 0 Å². The van der Waals surface area contributed by atoms with Crippen molar-refractivity contribution in [3.05, 3.63) is 0 Å². The first-order valence-electron chi connectivity index (χ1n) is 5.35. The van der Waals surface area contributed by atoms with Gasteiger partial charge in [0, 0.05) is 20.3 Å². The zero-order chi connectivity index (χ0) is 10.8. The van der Waals surface area contributed by atoms with E-state index in [-0.39, 0.29) is 12.3 Å². The second-order valence-electron chi connectivity index (χ2n) is 4.67. The van der Waals surface area contributed by atoms with Crippen molar-refractivity contribution in [3.63, 3.8) is 0 Å². The van der Waals surface area contributed by atoms with Gasteiger partial charge < -0.3 is 14.8 Å². The highest BCUT2D eigenvalue weighted by atomic mass is 16.7. The summed E-state index contributed by atoms with van der Waals surface area (Å²) < 4.78 is 10.4. The molecule has 0 bridgehead atoms. The second-order valence-corrected chi connectivity index (χ2v) is 4.67. The van der Waals surface area contributed by atoms with Crippen LogP contribution in [0.1, 0.15) is 33.6 Å². The highest BCUT2D eigenvalue weighted by Crippen LogP contribution is 2.48. The van der Waals surface area contributed by atoms with Crippen molar-refractivity contribution in [3.8, 4) is 0 Å². The summed E-state index contributed by atoms with van der Waals surface area (Å²) in [4.78, 5) is 0. The van der Waals surface area contributed by atoms with Crippen LogP contribution in [-0.2, 0) is 9.47 Å². The first kappa shape index (κ1) is 12.0. The van der Waals surface area contributed by atoms with Crippen molar-refractivity contribution >= 4 is 0 Å². The van der Waals surface area contributed by atoms with Crippen LogP contribution in [0.15, 0.2) is 0 Å². The molecule has 3 heteroatoms. The number of methoxy groups -OCH3 is 2. The first-order valence-corrected chi connectivity index (χ1v) is 5.35. The Morgan fingerprint density at radius 3 is 2.00 bits per heavy atom. The van der Waals surface area contributed by atoms with Gasteiger partial charge in [0.25, 0.3) is 0 Å². The Morgan fingerprint density at radius 2 is 1.64 bits per heavy atom. The Labute approximate surface area is 87.2 Å². The largest absolute Gasteiger partial charge is 0.354 e. The molecule has 0 aromatic rings. The predicted octanol–water partition coefficient (Wildman–Crippen LogP) is 1.77. The Kier molecular flexibility index (Phi) is 3.93. The third-order valence-electron chi connectivity index (χ3n) is 3.47. The molecule has 2 atom stereocenters. The van der Waals surface area contributed by atoms with E-state index in [1.165, 1.54) is 12.8 Å². The molecule has 0 heterocycles. The summed E-state index contributed by atoms with van der Waals surface area (Å²) in [6.45, 7) is 6.66. The van der Waals surface area contributed by atoms with Crippen molar-refractivity contribution in [2.45, 2.75) is 52.0 Å². The summed E-state index contributed by atoms with van der Waals surface area (Å²) in [5.41, 5.74) is 0.500. The quantitative estimate of drug-likeness (QED) is 0.664. The SMILES string of the molecule is COC(OC)C(C)NC(C)C1(C)CC1. The average molecular weight is 201 g/mol. The van der Waals surface area contributed by atoms with Gasteiger partial charge >= 0.3 is 0 Å². The fourth-order valence-electron chi connectivity index (χ4n) is 1.81. The van der Waals surface area contributed by atoms with E-state index >= 15 is 0 Å². The Hall–Kier alpha value is -0.120. The molecular formula is C11H23NO2. The maximum atomic E-state index is 5.21. The monoisotopic (exact) mass is 201 g/mol. The number of rotatable bonds is 6. The van der Waals surface area contributed by atoms with Crippen molar-refractivity contribution in [2.75, 3.05) is 14.2 Å². The summed E-state index contributed by atoms with van der Waals surface area (Å²) in [6, 6.07) is 0.766. The van der Waals surface area contributed by atoms with Gasteiger partial charge in [0.05, 0.1) is 6.04 Å². The molecule has 1 aliphatic carbocycles. The molecule has 0 aromatic heterocycles. The molecule has 0 spiro atoms. The van der Waals surface area contributed by atoms with Crippen LogP contribution in [0, 0.1) is 5.41 Å². The normalized spacial score (nSPS) is 23.6. The Balaban J connectivity index is 2.35. The van der Waals surface area contributed by atoms with E-state index in [4.69, 9.17) is 9.47 Å². The Morgan fingerprint density at radius 1 is 1.14 bits per heavy atom. The molecule has 2 unspecified atom stereocenters. The third-order valence-corrected chi connectivity index (χ3v) is 3.47. The molecule has 0 radical (unpaired) electrons. The zero-order valence-corrected chi connectivity index (χ0v) is 9.96. The molecular weight excluding hydrogens is 178 g/mol. The van der Waals surface area contributed by atoms with Crippen LogP contribution >= 0.6 is 0 Å². The minimum absolute atomic E-state index is 0.153. The van der Waals surface area contributed by atoms with E-state index in [1.807, 2.05) is 0 Å². The number of hydrogen-bond donors (Lipinski definition) is 1. The second kappa shape index (κ2) is 4.60. The minimum Gasteiger partial charge on any atom is -0.354 e. The van der Waals surface area contributed by atoms with Crippen molar-refractivity contribution < 1.29 is 9.47 Å².